The molecular formula is C12H15N5O2. The number of nitrogens with zero attached hydrogens (tertiary/aromatic N) is 4. The van der Waals surface area contributed by atoms with Gasteiger partial charge in [-0.2, -0.15) is 15.0 Å². The normalized spacial score (nSPS) is 10.3. The van der Waals surface area contributed by atoms with Crippen LogP contribution in [0.25, 0.3) is 0 Å². The molecule has 7 heteroatoms. The minimum Gasteiger partial charge on any atom is -0.424 e. The Balaban J connectivity index is 2.22. The van der Waals surface area contributed by atoms with Crippen LogP contribution in [0.3, 0.4) is 0 Å². The average molecular weight is 261 g/mol. The van der Waals surface area contributed by atoms with Gasteiger partial charge in [0.25, 0.3) is 0 Å². The van der Waals surface area contributed by atoms with E-state index in [1.54, 1.807) is 43.3 Å². The summed E-state index contributed by atoms with van der Waals surface area (Å²) in [6, 6.07) is 7.09. The Morgan fingerprint density at radius 1 is 1.16 bits per heavy atom. The highest BCUT2D eigenvalue weighted by Crippen LogP contribution is 2.20. The van der Waals surface area contributed by atoms with Crippen molar-refractivity contribution in [3.63, 3.8) is 0 Å². The number of aliphatic hydroxyl groups is 1. The summed E-state index contributed by atoms with van der Waals surface area (Å²) >= 11 is 0. The SMILES string of the molecule is CN(C)c1nc(N)nc(Oc2ccc(CO)cc2)n1. The minimum absolute atomic E-state index is 0.0102. The molecule has 0 saturated carbocycles. The molecule has 0 unspecified atom stereocenters. The van der Waals surface area contributed by atoms with Crippen molar-refractivity contribution < 1.29 is 9.84 Å². The Morgan fingerprint density at radius 2 is 1.84 bits per heavy atom. The van der Waals surface area contributed by atoms with Crippen LogP contribution in [0.5, 0.6) is 11.8 Å². The van der Waals surface area contributed by atoms with E-state index < -0.39 is 0 Å². The molecule has 0 bridgehead atoms. The highest BCUT2D eigenvalue weighted by Gasteiger charge is 2.08. The second-order valence-corrected chi connectivity index (χ2v) is 4.07. The summed E-state index contributed by atoms with van der Waals surface area (Å²) in [6.45, 7) is -0.0102. The maximum absolute atomic E-state index is 8.96. The Hall–Kier alpha value is -2.41. The molecule has 1 heterocycles. The lowest BCUT2D eigenvalue weighted by Gasteiger charge is -2.11. The largest absolute Gasteiger partial charge is 0.424 e. The van der Waals surface area contributed by atoms with E-state index in [0.717, 1.165) is 5.56 Å². The second kappa shape index (κ2) is 5.49. The van der Waals surface area contributed by atoms with Gasteiger partial charge >= 0.3 is 6.01 Å². The van der Waals surface area contributed by atoms with Crippen LogP contribution in [0, 0.1) is 0 Å². The van der Waals surface area contributed by atoms with Crippen LogP contribution in [0.1, 0.15) is 5.56 Å². The highest BCUT2D eigenvalue weighted by molar-refractivity contribution is 5.36. The van der Waals surface area contributed by atoms with Crippen LogP contribution in [0.2, 0.25) is 0 Å². The molecule has 0 spiro atoms. The zero-order valence-electron chi connectivity index (χ0n) is 10.7. The molecule has 1 aromatic carbocycles. The first-order valence-electron chi connectivity index (χ1n) is 5.65. The number of nitrogens with two attached hydrogens (primary N) is 1. The van der Waals surface area contributed by atoms with Gasteiger partial charge < -0.3 is 20.5 Å². The number of ether oxygens (including phenoxy) is 1. The molecule has 0 aliphatic rings. The minimum atomic E-state index is -0.0102. The van der Waals surface area contributed by atoms with Gasteiger partial charge in [0.2, 0.25) is 11.9 Å². The summed E-state index contributed by atoms with van der Waals surface area (Å²) in [5.41, 5.74) is 6.40. The summed E-state index contributed by atoms with van der Waals surface area (Å²) in [7, 11) is 3.60. The molecule has 2 rings (SSSR count). The van der Waals surface area contributed by atoms with Gasteiger partial charge in [-0.3, -0.25) is 0 Å². The molecule has 1 aromatic heterocycles. The van der Waals surface area contributed by atoms with E-state index in [-0.39, 0.29) is 18.6 Å². The Labute approximate surface area is 110 Å². The zero-order chi connectivity index (χ0) is 13.8. The van der Waals surface area contributed by atoms with Gasteiger partial charge in [0, 0.05) is 14.1 Å². The second-order valence-electron chi connectivity index (χ2n) is 4.07. The standard InChI is InChI=1S/C12H15N5O2/c1-17(2)11-14-10(13)15-12(16-11)19-9-5-3-8(7-18)4-6-9/h3-6,18H,7H2,1-2H3,(H2,13,14,15,16). The molecule has 0 saturated heterocycles. The number of rotatable bonds is 4. The Morgan fingerprint density at radius 3 is 2.42 bits per heavy atom. The maximum Gasteiger partial charge on any atom is 0.328 e. The molecule has 2 aromatic rings. The van der Waals surface area contributed by atoms with Crippen molar-refractivity contribution in [1.29, 1.82) is 0 Å². The molecule has 0 amide bonds. The van der Waals surface area contributed by atoms with E-state index >= 15 is 0 Å². The average Bonchev–Trinajstić information content (AvgIpc) is 2.39. The monoisotopic (exact) mass is 261 g/mol. The van der Waals surface area contributed by atoms with Gasteiger partial charge in [-0.15, -0.1) is 0 Å². The van der Waals surface area contributed by atoms with E-state index in [2.05, 4.69) is 15.0 Å². The quantitative estimate of drug-likeness (QED) is 0.840. The smallest absolute Gasteiger partial charge is 0.328 e. The number of hydrogen-bond donors (Lipinski definition) is 2. The fourth-order valence-corrected chi connectivity index (χ4v) is 1.37. The number of anilines is 2. The lowest BCUT2D eigenvalue weighted by molar-refractivity contribution is 0.281. The number of aliphatic hydroxyl groups excluding tert-OH is 1. The van der Waals surface area contributed by atoms with Crippen molar-refractivity contribution in [3.05, 3.63) is 29.8 Å². The lowest BCUT2D eigenvalue weighted by Crippen LogP contribution is -2.15. The molecule has 7 nitrogen and oxygen atoms in total. The molecule has 0 aliphatic heterocycles. The van der Waals surface area contributed by atoms with Crippen molar-refractivity contribution >= 4 is 11.9 Å². The van der Waals surface area contributed by atoms with E-state index in [4.69, 9.17) is 15.6 Å². The number of aromatic nitrogens is 3. The van der Waals surface area contributed by atoms with Crippen molar-refractivity contribution in [3.8, 4) is 11.8 Å². The van der Waals surface area contributed by atoms with Gasteiger partial charge in [0.15, 0.2) is 0 Å². The number of nitrogen functional groups attached to an aromatic ring is 1. The fourth-order valence-electron chi connectivity index (χ4n) is 1.37. The molecule has 100 valence electrons. The van der Waals surface area contributed by atoms with Gasteiger partial charge in [-0.1, -0.05) is 12.1 Å². The van der Waals surface area contributed by atoms with Crippen LogP contribution >= 0.6 is 0 Å². The molecule has 0 aliphatic carbocycles. The van der Waals surface area contributed by atoms with Crippen molar-refractivity contribution in [2.24, 2.45) is 0 Å². The molecule has 3 N–H and O–H groups in total. The van der Waals surface area contributed by atoms with Gasteiger partial charge in [-0.05, 0) is 17.7 Å². The van der Waals surface area contributed by atoms with Gasteiger partial charge in [0.05, 0.1) is 6.61 Å². The fraction of sp³-hybridized carbons (Fsp3) is 0.250. The topological polar surface area (TPSA) is 97.4 Å². The van der Waals surface area contributed by atoms with Crippen molar-refractivity contribution in [1.82, 2.24) is 15.0 Å². The number of benzene rings is 1. The third-order valence-electron chi connectivity index (χ3n) is 2.34. The predicted octanol–water partition coefficient (Wildman–Crippen LogP) is 0.804. The van der Waals surface area contributed by atoms with Crippen molar-refractivity contribution in [2.45, 2.75) is 6.61 Å². The molecule has 0 atom stereocenters. The van der Waals surface area contributed by atoms with Crippen LogP contribution in [0.15, 0.2) is 24.3 Å². The summed E-state index contributed by atoms with van der Waals surface area (Å²) in [4.78, 5) is 13.7. The summed E-state index contributed by atoms with van der Waals surface area (Å²) in [6.07, 6.45) is 0. The lowest BCUT2D eigenvalue weighted by atomic mass is 10.2. The third-order valence-corrected chi connectivity index (χ3v) is 2.34. The first kappa shape index (κ1) is 13.0. The van der Waals surface area contributed by atoms with Crippen LogP contribution in [-0.4, -0.2) is 34.2 Å². The van der Waals surface area contributed by atoms with Crippen LogP contribution in [0.4, 0.5) is 11.9 Å². The number of hydrogen-bond acceptors (Lipinski definition) is 7. The molecule has 0 fully saturated rings. The Bertz CT molecular complexity index is 557. The van der Waals surface area contributed by atoms with Crippen molar-refractivity contribution in [2.75, 3.05) is 24.7 Å². The van der Waals surface area contributed by atoms with E-state index in [9.17, 15) is 0 Å². The first-order chi connectivity index (χ1) is 9.08. The van der Waals surface area contributed by atoms with Gasteiger partial charge in [0.1, 0.15) is 5.75 Å². The molecular weight excluding hydrogens is 246 g/mol. The van der Waals surface area contributed by atoms with E-state index in [1.165, 1.54) is 0 Å². The zero-order valence-corrected chi connectivity index (χ0v) is 10.7. The maximum atomic E-state index is 8.96. The summed E-state index contributed by atoms with van der Waals surface area (Å²) in [5, 5.41) is 8.96. The van der Waals surface area contributed by atoms with Crippen LogP contribution in [-0.2, 0) is 6.61 Å². The van der Waals surface area contributed by atoms with E-state index in [0.29, 0.717) is 11.7 Å². The van der Waals surface area contributed by atoms with Gasteiger partial charge in [-0.25, -0.2) is 0 Å². The summed E-state index contributed by atoms with van der Waals surface area (Å²) in [5.74, 6) is 1.09. The predicted molar refractivity (Wildman–Crippen MR) is 71.0 cm³/mol. The highest BCUT2D eigenvalue weighted by atomic mass is 16.5. The van der Waals surface area contributed by atoms with Crippen LogP contribution < -0.4 is 15.4 Å². The molecule has 19 heavy (non-hydrogen) atoms. The third kappa shape index (κ3) is 3.29. The first-order valence-corrected chi connectivity index (χ1v) is 5.65. The summed E-state index contributed by atoms with van der Waals surface area (Å²) < 4.78 is 5.50. The Kier molecular flexibility index (Phi) is 3.76. The molecule has 0 radical (unpaired) electrons. The van der Waals surface area contributed by atoms with E-state index in [1.807, 2.05) is 0 Å².